The van der Waals surface area contributed by atoms with Crippen LogP contribution in [0.25, 0.3) is 0 Å². The Kier molecular flexibility index (Phi) is 6.82. The molecule has 0 aliphatic carbocycles. The van der Waals surface area contributed by atoms with Gasteiger partial charge in [0.15, 0.2) is 6.61 Å². The van der Waals surface area contributed by atoms with Crippen molar-refractivity contribution in [1.82, 2.24) is 15.1 Å². The van der Waals surface area contributed by atoms with Crippen molar-refractivity contribution in [3.8, 4) is 5.75 Å². The number of nitrogens with zero attached hydrogens (tertiary/aromatic N) is 2. The number of carbonyl (C=O) groups is 2. The molecule has 1 fully saturated rings. The van der Waals surface area contributed by atoms with Crippen LogP contribution in [0.5, 0.6) is 5.75 Å². The Bertz CT molecular complexity index is 608. The van der Waals surface area contributed by atoms with Gasteiger partial charge in [0.25, 0.3) is 5.91 Å². The molecule has 1 aliphatic heterocycles. The number of aryl methyl sites for hydroxylation is 1. The summed E-state index contributed by atoms with van der Waals surface area (Å²) in [5.74, 6) is 1.20. The predicted molar refractivity (Wildman–Crippen MR) is 97.8 cm³/mol. The Hall–Kier alpha value is -2.08. The van der Waals surface area contributed by atoms with Gasteiger partial charge in [-0.15, -0.1) is 0 Å². The number of likely N-dealkylation sites (N-methyl/N-ethyl adjacent to an activating group) is 1. The first-order valence-electron chi connectivity index (χ1n) is 8.84. The Morgan fingerprint density at radius 2 is 1.88 bits per heavy atom. The number of hydrogen-bond acceptors (Lipinski definition) is 4. The van der Waals surface area contributed by atoms with Crippen LogP contribution in [0, 0.1) is 6.92 Å². The van der Waals surface area contributed by atoms with E-state index in [0.717, 1.165) is 5.75 Å². The van der Waals surface area contributed by atoms with Gasteiger partial charge in [0.2, 0.25) is 5.91 Å². The summed E-state index contributed by atoms with van der Waals surface area (Å²) in [6, 6.07) is 5.98. The quantitative estimate of drug-likeness (QED) is 0.845. The molecule has 1 aliphatic rings. The fourth-order valence-corrected chi connectivity index (χ4v) is 3.06. The minimum absolute atomic E-state index is 0.00308. The van der Waals surface area contributed by atoms with E-state index in [0.29, 0.717) is 38.6 Å². The van der Waals surface area contributed by atoms with Crippen LogP contribution in [0.2, 0.25) is 0 Å². The minimum atomic E-state index is -0.00909. The van der Waals surface area contributed by atoms with Crippen LogP contribution in [0.3, 0.4) is 0 Å². The van der Waals surface area contributed by atoms with E-state index in [-0.39, 0.29) is 18.4 Å². The van der Waals surface area contributed by atoms with Gasteiger partial charge in [-0.05, 0) is 36.1 Å². The molecule has 0 bridgehead atoms. The maximum absolute atomic E-state index is 12.3. The summed E-state index contributed by atoms with van der Waals surface area (Å²) in [6.07, 6.45) is 0. The summed E-state index contributed by atoms with van der Waals surface area (Å²) < 4.78 is 5.68. The van der Waals surface area contributed by atoms with Gasteiger partial charge in [0.1, 0.15) is 5.75 Å². The highest BCUT2D eigenvalue weighted by Gasteiger charge is 2.22. The van der Waals surface area contributed by atoms with Crippen molar-refractivity contribution in [3.63, 3.8) is 0 Å². The molecule has 0 saturated carbocycles. The zero-order chi connectivity index (χ0) is 18.4. The summed E-state index contributed by atoms with van der Waals surface area (Å²) in [5.41, 5.74) is 2.48. The van der Waals surface area contributed by atoms with Crippen molar-refractivity contribution in [1.29, 1.82) is 0 Å². The van der Waals surface area contributed by atoms with Gasteiger partial charge in [-0.2, -0.15) is 0 Å². The lowest BCUT2D eigenvalue weighted by atomic mass is 9.98. The van der Waals surface area contributed by atoms with Crippen LogP contribution in [-0.2, 0) is 9.59 Å². The number of piperazine rings is 1. The first-order valence-corrected chi connectivity index (χ1v) is 8.84. The first-order chi connectivity index (χ1) is 11.9. The van der Waals surface area contributed by atoms with Crippen LogP contribution < -0.4 is 10.1 Å². The zero-order valence-electron chi connectivity index (χ0n) is 15.7. The second-order valence-electron chi connectivity index (χ2n) is 6.79. The molecule has 1 N–H and O–H groups in total. The number of benzene rings is 1. The summed E-state index contributed by atoms with van der Waals surface area (Å²) in [7, 11) is 1.63. The second-order valence-corrected chi connectivity index (χ2v) is 6.79. The van der Waals surface area contributed by atoms with E-state index in [9.17, 15) is 9.59 Å². The molecule has 0 unspecified atom stereocenters. The molecule has 1 aromatic rings. The number of rotatable bonds is 6. The molecular formula is C19H29N3O3. The summed E-state index contributed by atoms with van der Waals surface area (Å²) >= 11 is 0. The third-order valence-corrected chi connectivity index (χ3v) is 4.60. The Balaban J connectivity index is 1.79. The van der Waals surface area contributed by atoms with Gasteiger partial charge in [-0.3, -0.25) is 14.5 Å². The number of nitrogens with one attached hydrogen (secondary N) is 1. The summed E-state index contributed by atoms with van der Waals surface area (Å²) in [5, 5.41) is 2.62. The molecule has 0 spiro atoms. The molecule has 1 heterocycles. The minimum Gasteiger partial charge on any atom is -0.484 e. The van der Waals surface area contributed by atoms with E-state index in [2.05, 4.69) is 37.1 Å². The molecular weight excluding hydrogens is 318 g/mol. The zero-order valence-corrected chi connectivity index (χ0v) is 15.7. The van der Waals surface area contributed by atoms with Crippen molar-refractivity contribution in [2.75, 3.05) is 46.4 Å². The highest BCUT2D eigenvalue weighted by molar-refractivity contribution is 5.78. The summed E-state index contributed by atoms with van der Waals surface area (Å²) in [4.78, 5) is 27.6. The van der Waals surface area contributed by atoms with Crippen molar-refractivity contribution < 1.29 is 14.3 Å². The third-order valence-electron chi connectivity index (χ3n) is 4.60. The summed E-state index contributed by atoms with van der Waals surface area (Å²) in [6.45, 7) is 9.51. The standard InChI is InChI=1S/C19H29N3O3/c1-14(2)17-6-5-16(11-15(17)3)25-13-19(24)22-9-7-21(8-10-22)12-18(23)20-4/h5-6,11,14H,7-10,12-13H2,1-4H3,(H,20,23). The van der Waals surface area contributed by atoms with Gasteiger partial charge in [0.05, 0.1) is 6.54 Å². The molecule has 6 nitrogen and oxygen atoms in total. The van der Waals surface area contributed by atoms with Gasteiger partial charge in [-0.1, -0.05) is 19.9 Å². The smallest absolute Gasteiger partial charge is 0.260 e. The van der Waals surface area contributed by atoms with E-state index >= 15 is 0 Å². The largest absolute Gasteiger partial charge is 0.484 e. The van der Waals surface area contributed by atoms with E-state index in [1.165, 1.54) is 11.1 Å². The predicted octanol–water partition coefficient (Wildman–Crippen LogP) is 1.39. The number of amides is 2. The SMILES string of the molecule is CNC(=O)CN1CCN(C(=O)COc2ccc(C(C)C)c(C)c2)CC1. The average molecular weight is 347 g/mol. The maximum atomic E-state index is 12.3. The Labute approximate surface area is 150 Å². The van der Waals surface area contributed by atoms with Gasteiger partial charge < -0.3 is 15.0 Å². The van der Waals surface area contributed by atoms with Gasteiger partial charge in [-0.25, -0.2) is 0 Å². The molecule has 6 heteroatoms. The maximum Gasteiger partial charge on any atom is 0.260 e. The molecule has 0 atom stereocenters. The van der Waals surface area contributed by atoms with Gasteiger partial charge in [0, 0.05) is 33.2 Å². The molecule has 0 aromatic heterocycles. The van der Waals surface area contributed by atoms with E-state index in [4.69, 9.17) is 4.74 Å². The first kappa shape index (κ1) is 19.2. The Morgan fingerprint density at radius 1 is 1.20 bits per heavy atom. The molecule has 2 amide bonds. The van der Waals surface area contributed by atoms with E-state index in [1.54, 1.807) is 11.9 Å². The van der Waals surface area contributed by atoms with Crippen molar-refractivity contribution in [3.05, 3.63) is 29.3 Å². The topological polar surface area (TPSA) is 61.9 Å². The normalized spacial score (nSPS) is 15.3. The average Bonchev–Trinajstić information content (AvgIpc) is 2.60. The van der Waals surface area contributed by atoms with Crippen molar-refractivity contribution >= 4 is 11.8 Å². The Morgan fingerprint density at radius 3 is 2.44 bits per heavy atom. The monoisotopic (exact) mass is 347 g/mol. The lowest BCUT2D eigenvalue weighted by Crippen LogP contribution is -2.51. The number of carbonyl (C=O) groups excluding carboxylic acids is 2. The van der Waals surface area contributed by atoms with Crippen molar-refractivity contribution in [2.45, 2.75) is 26.7 Å². The second kappa shape index (κ2) is 8.85. The van der Waals surface area contributed by atoms with Crippen LogP contribution >= 0.6 is 0 Å². The molecule has 138 valence electrons. The number of hydrogen-bond donors (Lipinski definition) is 1. The molecule has 25 heavy (non-hydrogen) atoms. The van der Waals surface area contributed by atoms with Crippen LogP contribution in [-0.4, -0.2) is 68.0 Å². The van der Waals surface area contributed by atoms with Crippen LogP contribution in [0.15, 0.2) is 18.2 Å². The van der Waals surface area contributed by atoms with Crippen molar-refractivity contribution in [2.24, 2.45) is 0 Å². The molecule has 2 rings (SSSR count). The highest BCUT2D eigenvalue weighted by atomic mass is 16.5. The number of ether oxygens (including phenoxy) is 1. The van der Waals surface area contributed by atoms with Crippen LogP contribution in [0.1, 0.15) is 30.9 Å². The lowest BCUT2D eigenvalue weighted by molar-refractivity contribution is -0.135. The highest BCUT2D eigenvalue weighted by Crippen LogP contribution is 2.23. The van der Waals surface area contributed by atoms with E-state index < -0.39 is 0 Å². The molecule has 1 saturated heterocycles. The molecule has 1 aromatic carbocycles. The fraction of sp³-hybridized carbons (Fsp3) is 0.579. The fourth-order valence-electron chi connectivity index (χ4n) is 3.06. The van der Waals surface area contributed by atoms with Crippen LogP contribution in [0.4, 0.5) is 0 Å². The molecule has 0 radical (unpaired) electrons. The lowest BCUT2D eigenvalue weighted by Gasteiger charge is -2.34. The van der Waals surface area contributed by atoms with Gasteiger partial charge >= 0.3 is 0 Å². The third kappa shape index (κ3) is 5.46. The van der Waals surface area contributed by atoms with E-state index in [1.807, 2.05) is 12.1 Å².